The fraction of sp³-hybridized carbons (Fsp3) is 0.167. The van der Waals surface area contributed by atoms with Crippen molar-refractivity contribution in [2.24, 2.45) is 0 Å². The standard InChI is InChI=1S/C12H11NO2/c14-11-4-8-2-1-3-9-6-13(15)7-10(5-11)12(8)9/h1-3,5-6,14-15H,4,7H2. The molecule has 1 heterocycles. The number of nitrogens with zero attached hydrogens (tertiary/aromatic N) is 1. The van der Waals surface area contributed by atoms with E-state index in [9.17, 15) is 10.3 Å². The number of benzene rings is 1. The fourth-order valence-corrected chi connectivity index (χ4v) is 2.29. The molecular weight excluding hydrogens is 190 g/mol. The average Bonchev–Trinajstić information content (AvgIpc) is 2.16. The molecule has 0 amide bonds. The molecule has 76 valence electrons. The van der Waals surface area contributed by atoms with E-state index in [1.54, 1.807) is 12.3 Å². The van der Waals surface area contributed by atoms with Crippen molar-refractivity contribution in [2.75, 3.05) is 6.54 Å². The third-order valence-corrected chi connectivity index (χ3v) is 2.84. The minimum absolute atomic E-state index is 0.366. The molecule has 0 unspecified atom stereocenters. The van der Waals surface area contributed by atoms with Crippen LogP contribution >= 0.6 is 0 Å². The van der Waals surface area contributed by atoms with E-state index < -0.39 is 0 Å². The summed E-state index contributed by atoms with van der Waals surface area (Å²) in [6, 6.07) is 5.93. The summed E-state index contributed by atoms with van der Waals surface area (Å²) in [4.78, 5) is 0. The number of hydrogen-bond donors (Lipinski definition) is 2. The highest BCUT2D eigenvalue weighted by atomic mass is 16.5. The van der Waals surface area contributed by atoms with Crippen LogP contribution in [0.4, 0.5) is 0 Å². The van der Waals surface area contributed by atoms with Crippen molar-refractivity contribution >= 4 is 11.8 Å². The van der Waals surface area contributed by atoms with Crippen LogP contribution in [-0.4, -0.2) is 21.9 Å². The van der Waals surface area contributed by atoms with E-state index in [0.717, 1.165) is 21.4 Å². The Morgan fingerprint density at radius 1 is 1.27 bits per heavy atom. The van der Waals surface area contributed by atoms with Gasteiger partial charge in [0.25, 0.3) is 0 Å². The topological polar surface area (TPSA) is 43.7 Å². The summed E-state index contributed by atoms with van der Waals surface area (Å²) in [6.45, 7) is 0.439. The lowest BCUT2D eigenvalue weighted by Gasteiger charge is -2.21. The first-order valence-electron chi connectivity index (χ1n) is 4.92. The summed E-state index contributed by atoms with van der Waals surface area (Å²) in [7, 11) is 0. The maximum absolute atomic E-state index is 9.59. The smallest absolute Gasteiger partial charge is 0.0970 e. The SMILES string of the molecule is OC1=CC2=c3c(cccc3=CN(O)C2)C1. The molecule has 0 saturated carbocycles. The zero-order chi connectivity index (χ0) is 10.4. The van der Waals surface area contributed by atoms with Crippen molar-refractivity contribution in [3.63, 3.8) is 0 Å². The number of rotatable bonds is 0. The van der Waals surface area contributed by atoms with Gasteiger partial charge in [-0.25, -0.2) is 0 Å². The predicted octanol–water partition coefficient (Wildman–Crippen LogP) is 0.278. The second-order valence-corrected chi connectivity index (χ2v) is 3.95. The van der Waals surface area contributed by atoms with Crippen molar-refractivity contribution in [1.82, 2.24) is 5.06 Å². The van der Waals surface area contributed by atoms with Crippen LogP contribution in [0.3, 0.4) is 0 Å². The molecule has 1 aromatic rings. The van der Waals surface area contributed by atoms with Crippen molar-refractivity contribution in [3.8, 4) is 0 Å². The van der Waals surface area contributed by atoms with E-state index in [-0.39, 0.29) is 0 Å². The van der Waals surface area contributed by atoms with Gasteiger partial charge in [-0.15, -0.1) is 0 Å². The normalized spacial score (nSPS) is 18.1. The summed E-state index contributed by atoms with van der Waals surface area (Å²) < 4.78 is 0. The highest BCUT2D eigenvalue weighted by molar-refractivity contribution is 5.65. The van der Waals surface area contributed by atoms with Gasteiger partial charge in [0.1, 0.15) is 0 Å². The summed E-state index contributed by atoms with van der Waals surface area (Å²) >= 11 is 0. The maximum atomic E-state index is 9.59. The number of aliphatic hydroxyl groups is 1. The molecule has 0 bridgehead atoms. The molecule has 0 saturated heterocycles. The van der Waals surface area contributed by atoms with Crippen molar-refractivity contribution in [2.45, 2.75) is 6.42 Å². The Morgan fingerprint density at radius 3 is 3.00 bits per heavy atom. The van der Waals surface area contributed by atoms with Gasteiger partial charge in [-0.2, -0.15) is 0 Å². The fourth-order valence-electron chi connectivity index (χ4n) is 2.29. The lowest BCUT2D eigenvalue weighted by atomic mass is 9.95. The Balaban J connectivity index is 2.45. The highest BCUT2D eigenvalue weighted by Crippen LogP contribution is 2.13. The van der Waals surface area contributed by atoms with Crippen molar-refractivity contribution in [1.29, 1.82) is 0 Å². The van der Waals surface area contributed by atoms with Crippen LogP contribution in [0.25, 0.3) is 11.8 Å². The van der Waals surface area contributed by atoms with E-state index in [2.05, 4.69) is 0 Å². The van der Waals surface area contributed by atoms with Crippen LogP contribution < -0.4 is 10.4 Å². The van der Waals surface area contributed by atoms with Gasteiger partial charge in [0.15, 0.2) is 0 Å². The van der Waals surface area contributed by atoms with E-state index in [0.29, 0.717) is 18.7 Å². The summed E-state index contributed by atoms with van der Waals surface area (Å²) in [5, 5.41) is 22.4. The van der Waals surface area contributed by atoms with Crippen LogP contribution in [0.15, 0.2) is 30.0 Å². The zero-order valence-electron chi connectivity index (χ0n) is 8.14. The molecule has 0 fully saturated rings. The quantitative estimate of drug-likeness (QED) is 0.633. The molecule has 1 aliphatic carbocycles. The molecule has 0 atom stereocenters. The Labute approximate surface area is 86.8 Å². The van der Waals surface area contributed by atoms with Crippen molar-refractivity contribution in [3.05, 3.63) is 46.0 Å². The largest absolute Gasteiger partial charge is 0.512 e. The van der Waals surface area contributed by atoms with Crippen LogP contribution in [-0.2, 0) is 6.42 Å². The summed E-state index contributed by atoms with van der Waals surface area (Å²) in [5.41, 5.74) is 2.11. The number of aliphatic hydroxyl groups excluding tert-OH is 1. The minimum atomic E-state index is 0.366. The molecule has 2 aliphatic rings. The molecule has 3 heteroatoms. The van der Waals surface area contributed by atoms with E-state index in [4.69, 9.17) is 0 Å². The van der Waals surface area contributed by atoms with E-state index >= 15 is 0 Å². The van der Waals surface area contributed by atoms with Crippen LogP contribution in [0, 0.1) is 0 Å². The minimum Gasteiger partial charge on any atom is -0.512 e. The lowest BCUT2D eigenvalue weighted by Crippen LogP contribution is -2.40. The van der Waals surface area contributed by atoms with Crippen LogP contribution in [0.2, 0.25) is 0 Å². The third kappa shape index (κ3) is 1.24. The monoisotopic (exact) mass is 201 g/mol. The van der Waals surface area contributed by atoms with Crippen LogP contribution in [0.5, 0.6) is 0 Å². The second kappa shape index (κ2) is 2.87. The highest BCUT2D eigenvalue weighted by Gasteiger charge is 2.15. The molecule has 1 aliphatic heterocycles. The molecule has 0 aromatic heterocycles. The Hall–Kier alpha value is -1.74. The van der Waals surface area contributed by atoms with Crippen molar-refractivity contribution < 1.29 is 10.3 Å². The molecule has 3 rings (SSSR count). The van der Waals surface area contributed by atoms with Gasteiger partial charge in [0.05, 0.1) is 12.3 Å². The molecular formula is C12H11NO2. The van der Waals surface area contributed by atoms with E-state index in [1.165, 1.54) is 5.22 Å². The maximum Gasteiger partial charge on any atom is 0.0970 e. The molecule has 0 spiro atoms. The molecule has 0 radical (unpaired) electrons. The Morgan fingerprint density at radius 2 is 2.13 bits per heavy atom. The summed E-state index contributed by atoms with van der Waals surface area (Å²) in [5.74, 6) is 0.366. The first-order chi connectivity index (χ1) is 7.24. The van der Waals surface area contributed by atoms with Gasteiger partial charge in [0.2, 0.25) is 0 Å². The molecule has 3 nitrogen and oxygen atoms in total. The van der Waals surface area contributed by atoms with Gasteiger partial charge < -0.3 is 5.11 Å². The zero-order valence-corrected chi connectivity index (χ0v) is 8.14. The number of hydrogen-bond acceptors (Lipinski definition) is 3. The van der Waals surface area contributed by atoms with Gasteiger partial charge in [-0.1, -0.05) is 18.2 Å². The first kappa shape index (κ1) is 8.56. The van der Waals surface area contributed by atoms with Gasteiger partial charge in [0, 0.05) is 17.8 Å². The van der Waals surface area contributed by atoms with Gasteiger partial charge in [-0.05, 0) is 22.4 Å². The van der Waals surface area contributed by atoms with E-state index in [1.807, 2.05) is 18.2 Å². The second-order valence-electron chi connectivity index (χ2n) is 3.95. The lowest BCUT2D eigenvalue weighted by molar-refractivity contribution is -0.00752. The van der Waals surface area contributed by atoms with Gasteiger partial charge in [-0.3, -0.25) is 10.3 Å². The number of hydroxylamine groups is 2. The predicted molar refractivity (Wildman–Crippen MR) is 56.5 cm³/mol. The first-order valence-corrected chi connectivity index (χ1v) is 4.92. The Bertz CT molecular complexity index is 572. The molecule has 1 aromatic carbocycles. The average molecular weight is 201 g/mol. The molecule has 15 heavy (non-hydrogen) atoms. The number of allylic oxidation sites excluding steroid dienone is 1. The van der Waals surface area contributed by atoms with Crippen LogP contribution in [0.1, 0.15) is 5.56 Å². The molecule has 2 N–H and O–H groups in total. The summed E-state index contributed by atoms with van der Waals surface area (Å²) in [6.07, 6.45) is 4.06. The third-order valence-electron chi connectivity index (χ3n) is 2.84. The van der Waals surface area contributed by atoms with Gasteiger partial charge >= 0.3 is 0 Å². The Kier molecular flexibility index (Phi) is 1.64.